The number of hydrogen-bond donors (Lipinski definition) is 1. The predicted octanol–water partition coefficient (Wildman–Crippen LogP) is 3.70. The van der Waals surface area contributed by atoms with E-state index in [1.54, 1.807) is 19.2 Å². The van der Waals surface area contributed by atoms with Crippen molar-refractivity contribution in [1.82, 2.24) is 9.97 Å². The van der Waals surface area contributed by atoms with Crippen LogP contribution in [0.3, 0.4) is 0 Å². The van der Waals surface area contributed by atoms with E-state index >= 15 is 0 Å². The molecule has 3 aromatic rings. The maximum atomic E-state index is 12.2. The quantitative estimate of drug-likeness (QED) is 0.381. The second-order valence-electron chi connectivity index (χ2n) is 6.22. The maximum Gasteiger partial charge on any atom is 0.341 e. The predicted molar refractivity (Wildman–Crippen MR) is 120 cm³/mol. The summed E-state index contributed by atoms with van der Waals surface area (Å²) in [5.74, 6) is -1.59. The molecular formula is C21H21N3O5S2. The summed E-state index contributed by atoms with van der Waals surface area (Å²) < 4.78 is 10.1. The standard InChI is InChI=1S/C21H21N3O5S2/c1-3-13-9-14(21(27)28-4-2)20(31-13)24-17(25)11-29-19(26)12-30-18-10-22-15-7-5-6-8-16(15)23-18/h5-10H,3-4,11-12H2,1-2H3,(H,24,25). The van der Waals surface area contributed by atoms with Gasteiger partial charge in [-0.2, -0.15) is 0 Å². The Bertz CT molecular complexity index is 1100. The number of thiophene rings is 1. The van der Waals surface area contributed by atoms with Crippen molar-refractivity contribution in [1.29, 1.82) is 0 Å². The van der Waals surface area contributed by atoms with E-state index in [9.17, 15) is 14.4 Å². The number of ether oxygens (including phenoxy) is 2. The third kappa shape index (κ3) is 6.25. The molecule has 10 heteroatoms. The summed E-state index contributed by atoms with van der Waals surface area (Å²) in [5, 5.41) is 3.60. The van der Waals surface area contributed by atoms with Gasteiger partial charge in [0.2, 0.25) is 0 Å². The number of amides is 1. The van der Waals surface area contributed by atoms with Gasteiger partial charge in [0.25, 0.3) is 5.91 Å². The van der Waals surface area contributed by atoms with Crippen LogP contribution >= 0.6 is 23.1 Å². The van der Waals surface area contributed by atoms with Gasteiger partial charge in [-0.15, -0.1) is 11.3 Å². The minimum Gasteiger partial charge on any atom is -0.462 e. The summed E-state index contributed by atoms with van der Waals surface area (Å²) in [6.45, 7) is 3.45. The van der Waals surface area contributed by atoms with Crippen LogP contribution in [0.4, 0.5) is 5.00 Å². The highest BCUT2D eigenvalue weighted by atomic mass is 32.2. The molecule has 0 bridgehead atoms. The molecule has 2 heterocycles. The molecule has 0 aliphatic carbocycles. The summed E-state index contributed by atoms with van der Waals surface area (Å²) >= 11 is 2.47. The molecule has 0 unspecified atom stereocenters. The topological polar surface area (TPSA) is 107 Å². The highest BCUT2D eigenvalue weighted by Crippen LogP contribution is 2.29. The van der Waals surface area contributed by atoms with Crippen molar-refractivity contribution in [2.45, 2.75) is 25.3 Å². The lowest BCUT2D eigenvalue weighted by Gasteiger charge is -2.07. The van der Waals surface area contributed by atoms with Crippen LogP contribution in [0.1, 0.15) is 29.1 Å². The second-order valence-corrected chi connectivity index (χ2v) is 8.36. The van der Waals surface area contributed by atoms with Crippen molar-refractivity contribution in [3.63, 3.8) is 0 Å². The van der Waals surface area contributed by atoms with Crippen LogP contribution in [0.25, 0.3) is 11.0 Å². The Kier molecular flexibility index (Phi) is 7.96. The van der Waals surface area contributed by atoms with E-state index in [1.807, 2.05) is 31.2 Å². The van der Waals surface area contributed by atoms with Crippen molar-refractivity contribution < 1.29 is 23.9 Å². The van der Waals surface area contributed by atoms with Gasteiger partial charge in [-0.3, -0.25) is 14.6 Å². The van der Waals surface area contributed by atoms with Gasteiger partial charge in [-0.05, 0) is 31.5 Å². The Morgan fingerprint density at radius 1 is 1.13 bits per heavy atom. The molecule has 1 N–H and O–H groups in total. The average molecular weight is 460 g/mol. The van der Waals surface area contributed by atoms with Gasteiger partial charge >= 0.3 is 11.9 Å². The Morgan fingerprint density at radius 3 is 2.65 bits per heavy atom. The molecule has 0 saturated carbocycles. The van der Waals surface area contributed by atoms with E-state index in [0.717, 1.165) is 22.3 Å². The Balaban J connectivity index is 1.50. The number of nitrogens with zero attached hydrogens (tertiary/aromatic N) is 2. The van der Waals surface area contributed by atoms with E-state index in [4.69, 9.17) is 9.47 Å². The molecule has 1 amide bonds. The molecule has 1 aromatic carbocycles. The SMILES string of the molecule is CCOC(=O)c1cc(CC)sc1NC(=O)COC(=O)CSc1cnc2ccccc2n1. The number of rotatable bonds is 9. The summed E-state index contributed by atoms with van der Waals surface area (Å²) in [5.41, 5.74) is 1.81. The van der Waals surface area contributed by atoms with Gasteiger partial charge in [0.1, 0.15) is 10.0 Å². The molecule has 0 aliphatic rings. The van der Waals surface area contributed by atoms with Crippen LogP contribution in [0.15, 0.2) is 41.6 Å². The van der Waals surface area contributed by atoms with E-state index < -0.39 is 24.5 Å². The summed E-state index contributed by atoms with van der Waals surface area (Å²) in [4.78, 5) is 45.9. The van der Waals surface area contributed by atoms with Crippen molar-refractivity contribution in [2.75, 3.05) is 24.3 Å². The first-order valence-electron chi connectivity index (χ1n) is 9.60. The third-order valence-electron chi connectivity index (χ3n) is 4.01. The minimum absolute atomic E-state index is 0.00659. The van der Waals surface area contributed by atoms with Crippen molar-refractivity contribution >= 4 is 57.0 Å². The number of hydrogen-bond acceptors (Lipinski definition) is 9. The molecule has 2 aromatic heterocycles. The Labute approximate surface area is 187 Å². The molecule has 31 heavy (non-hydrogen) atoms. The molecule has 0 atom stereocenters. The van der Waals surface area contributed by atoms with E-state index in [0.29, 0.717) is 15.6 Å². The minimum atomic E-state index is -0.554. The summed E-state index contributed by atoms with van der Waals surface area (Å²) in [7, 11) is 0. The van der Waals surface area contributed by atoms with Gasteiger partial charge in [-0.1, -0.05) is 30.8 Å². The van der Waals surface area contributed by atoms with Gasteiger partial charge < -0.3 is 14.8 Å². The normalized spacial score (nSPS) is 10.6. The molecule has 0 spiro atoms. The zero-order chi connectivity index (χ0) is 22.2. The second kappa shape index (κ2) is 10.9. The fraction of sp³-hybridized carbons (Fsp3) is 0.286. The number of nitrogens with one attached hydrogen (secondary N) is 1. The van der Waals surface area contributed by atoms with Gasteiger partial charge in [0, 0.05) is 4.88 Å². The fourth-order valence-corrected chi connectivity index (χ4v) is 4.20. The molecular weight excluding hydrogens is 438 g/mol. The molecule has 0 aliphatic heterocycles. The summed E-state index contributed by atoms with van der Waals surface area (Å²) in [6.07, 6.45) is 2.31. The van der Waals surface area contributed by atoms with Crippen LogP contribution in [-0.4, -0.2) is 46.8 Å². The number of aryl methyl sites for hydroxylation is 1. The maximum absolute atomic E-state index is 12.2. The number of fused-ring (bicyclic) bond motifs is 1. The first kappa shape index (κ1) is 22.7. The van der Waals surface area contributed by atoms with Crippen LogP contribution in [0.5, 0.6) is 0 Å². The third-order valence-corrected chi connectivity index (χ3v) is 6.08. The smallest absolute Gasteiger partial charge is 0.341 e. The molecule has 3 rings (SSSR count). The van der Waals surface area contributed by atoms with Gasteiger partial charge in [0.05, 0.1) is 35.2 Å². The van der Waals surface area contributed by atoms with E-state index in [-0.39, 0.29) is 12.4 Å². The van der Waals surface area contributed by atoms with Crippen LogP contribution < -0.4 is 5.32 Å². The van der Waals surface area contributed by atoms with Crippen molar-refractivity contribution in [3.05, 3.63) is 47.0 Å². The average Bonchev–Trinajstić information content (AvgIpc) is 3.19. The highest BCUT2D eigenvalue weighted by molar-refractivity contribution is 7.99. The number of para-hydroxylation sites is 2. The molecule has 162 valence electrons. The number of esters is 2. The fourth-order valence-electron chi connectivity index (χ4n) is 2.56. The number of aromatic nitrogens is 2. The summed E-state index contributed by atoms with van der Waals surface area (Å²) in [6, 6.07) is 9.14. The van der Waals surface area contributed by atoms with Crippen molar-refractivity contribution in [2.24, 2.45) is 0 Å². The molecule has 0 saturated heterocycles. The van der Waals surface area contributed by atoms with E-state index in [1.165, 1.54) is 23.1 Å². The Hall–Kier alpha value is -2.98. The number of carbonyl (C=O) groups is 3. The number of anilines is 1. The zero-order valence-corrected chi connectivity index (χ0v) is 18.7. The van der Waals surface area contributed by atoms with Crippen LogP contribution in [0.2, 0.25) is 0 Å². The van der Waals surface area contributed by atoms with Crippen LogP contribution in [-0.2, 0) is 25.5 Å². The van der Waals surface area contributed by atoms with Gasteiger partial charge in [-0.25, -0.2) is 9.78 Å². The monoisotopic (exact) mass is 459 g/mol. The van der Waals surface area contributed by atoms with Crippen LogP contribution in [0, 0.1) is 0 Å². The number of carbonyl (C=O) groups excluding carboxylic acids is 3. The molecule has 0 fully saturated rings. The largest absolute Gasteiger partial charge is 0.462 e. The highest BCUT2D eigenvalue weighted by Gasteiger charge is 2.19. The zero-order valence-electron chi connectivity index (χ0n) is 17.0. The molecule has 8 nitrogen and oxygen atoms in total. The van der Waals surface area contributed by atoms with E-state index in [2.05, 4.69) is 15.3 Å². The first-order valence-corrected chi connectivity index (χ1v) is 11.4. The lowest BCUT2D eigenvalue weighted by Crippen LogP contribution is -2.22. The van der Waals surface area contributed by atoms with Crippen molar-refractivity contribution in [3.8, 4) is 0 Å². The Morgan fingerprint density at radius 2 is 1.90 bits per heavy atom. The first-order chi connectivity index (χ1) is 15.0. The lowest BCUT2D eigenvalue weighted by atomic mass is 10.2. The molecule has 0 radical (unpaired) electrons. The number of thioether (sulfide) groups is 1. The number of benzene rings is 1. The lowest BCUT2D eigenvalue weighted by molar-refractivity contribution is -0.144. The van der Waals surface area contributed by atoms with Gasteiger partial charge in [0.15, 0.2) is 6.61 Å².